The summed E-state index contributed by atoms with van der Waals surface area (Å²) in [6.45, 7) is 5.64. The van der Waals surface area contributed by atoms with Crippen molar-refractivity contribution in [3.05, 3.63) is 30.1 Å². The predicted molar refractivity (Wildman–Crippen MR) is 79.5 cm³/mol. The summed E-state index contributed by atoms with van der Waals surface area (Å²) in [6, 6.07) is 6.58. The van der Waals surface area contributed by atoms with Crippen molar-refractivity contribution in [1.29, 1.82) is 0 Å². The van der Waals surface area contributed by atoms with Crippen molar-refractivity contribution >= 4 is 11.0 Å². The maximum Gasteiger partial charge on any atom is 0.140 e. The van der Waals surface area contributed by atoms with Gasteiger partial charge >= 0.3 is 0 Å². The Hall–Kier alpha value is -1.35. The molecule has 0 aromatic carbocycles. The highest BCUT2D eigenvalue weighted by Gasteiger charge is 2.20. The number of hydrogen-bond acceptors (Lipinski definition) is 2. The van der Waals surface area contributed by atoms with Gasteiger partial charge in [0.15, 0.2) is 0 Å². The Morgan fingerprint density at radius 2 is 2.42 bits per heavy atom. The van der Waals surface area contributed by atoms with Crippen LogP contribution in [0.4, 0.5) is 0 Å². The van der Waals surface area contributed by atoms with Gasteiger partial charge in [-0.25, -0.2) is 4.98 Å². The zero-order valence-electron chi connectivity index (χ0n) is 11.7. The lowest BCUT2D eigenvalue weighted by Gasteiger charge is -2.24. The van der Waals surface area contributed by atoms with E-state index in [9.17, 15) is 0 Å². The van der Waals surface area contributed by atoms with E-state index in [1.165, 1.54) is 43.3 Å². The fraction of sp³-hybridized carbons (Fsp3) is 0.562. The molecule has 3 rings (SSSR count). The summed E-state index contributed by atoms with van der Waals surface area (Å²) in [5, 5.41) is 4.82. The molecular formula is C16H23N3. The molecule has 3 heterocycles. The fourth-order valence-electron chi connectivity index (χ4n) is 3.10. The van der Waals surface area contributed by atoms with Gasteiger partial charge in [-0.1, -0.05) is 13.3 Å². The minimum atomic E-state index is 0.653. The van der Waals surface area contributed by atoms with Gasteiger partial charge < -0.3 is 9.88 Å². The van der Waals surface area contributed by atoms with Crippen LogP contribution in [-0.4, -0.2) is 22.6 Å². The van der Waals surface area contributed by atoms with Crippen LogP contribution >= 0.6 is 0 Å². The lowest BCUT2D eigenvalue weighted by molar-refractivity contribution is 0.439. The van der Waals surface area contributed by atoms with Gasteiger partial charge in [0.1, 0.15) is 5.65 Å². The van der Waals surface area contributed by atoms with Gasteiger partial charge in [-0.15, -0.1) is 0 Å². The molecule has 1 atom stereocenters. The maximum absolute atomic E-state index is 4.59. The number of nitrogens with one attached hydrogen (secondary N) is 1. The Kier molecular flexibility index (Phi) is 3.83. The normalized spacial score (nSPS) is 19.9. The standard InChI is InChI=1S/C16H23N3/c1-2-3-10-19-15(14-7-4-8-17-12-14)11-13-6-5-9-18-16(13)19/h5-6,9,11,14,17H,2-4,7-8,10,12H2,1H3. The van der Waals surface area contributed by atoms with Gasteiger partial charge in [0.25, 0.3) is 0 Å². The molecule has 3 nitrogen and oxygen atoms in total. The number of pyridine rings is 1. The number of unbranched alkanes of at least 4 members (excludes halogenated alkanes) is 1. The molecule has 1 aliphatic heterocycles. The van der Waals surface area contributed by atoms with Gasteiger partial charge in [0.05, 0.1) is 0 Å². The average Bonchev–Trinajstić information content (AvgIpc) is 2.85. The number of nitrogens with zero attached hydrogens (tertiary/aromatic N) is 2. The Morgan fingerprint density at radius 3 is 3.21 bits per heavy atom. The first kappa shape index (κ1) is 12.7. The highest BCUT2D eigenvalue weighted by atomic mass is 15.1. The summed E-state index contributed by atoms with van der Waals surface area (Å²) in [7, 11) is 0. The number of aromatic nitrogens is 2. The van der Waals surface area contributed by atoms with E-state index in [4.69, 9.17) is 0 Å². The smallest absolute Gasteiger partial charge is 0.140 e. The van der Waals surface area contributed by atoms with Crippen molar-refractivity contribution in [2.24, 2.45) is 0 Å². The zero-order valence-corrected chi connectivity index (χ0v) is 11.7. The summed E-state index contributed by atoms with van der Waals surface area (Å²) in [6.07, 6.45) is 6.96. The molecule has 0 saturated carbocycles. The highest BCUT2D eigenvalue weighted by Crippen LogP contribution is 2.29. The molecule has 1 fully saturated rings. The van der Waals surface area contributed by atoms with Crippen LogP contribution in [0, 0.1) is 0 Å². The van der Waals surface area contributed by atoms with Crippen LogP contribution in [0.5, 0.6) is 0 Å². The van der Waals surface area contributed by atoms with Crippen LogP contribution in [0.25, 0.3) is 11.0 Å². The van der Waals surface area contributed by atoms with Gasteiger partial charge in [-0.3, -0.25) is 0 Å². The Bertz CT molecular complexity index is 538. The third kappa shape index (κ3) is 2.52. The summed E-state index contributed by atoms with van der Waals surface area (Å²) < 4.78 is 2.45. The van der Waals surface area contributed by atoms with Gasteiger partial charge in [0.2, 0.25) is 0 Å². The molecule has 1 saturated heterocycles. The van der Waals surface area contributed by atoms with Crippen molar-refractivity contribution in [2.75, 3.05) is 13.1 Å². The molecule has 3 heteroatoms. The van der Waals surface area contributed by atoms with Crippen LogP contribution in [0.1, 0.15) is 44.2 Å². The summed E-state index contributed by atoms with van der Waals surface area (Å²) in [4.78, 5) is 4.59. The number of aryl methyl sites for hydroxylation is 1. The molecule has 0 bridgehead atoms. The third-order valence-corrected chi connectivity index (χ3v) is 4.14. The van der Waals surface area contributed by atoms with E-state index in [0.717, 1.165) is 18.7 Å². The van der Waals surface area contributed by atoms with Crippen molar-refractivity contribution < 1.29 is 0 Å². The predicted octanol–water partition coefficient (Wildman–Crippen LogP) is 3.30. The van der Waals surface area contributed by atoms with Crippen molar-refractivity contribution in [3.8, 4) is 0 Å². The Labute approximate surface area is 115 Å². The molecule has 2 aromatic heterocycles. The van der Waals surface area contributed by atoms with E-state index >= 15 is 0 Å². The first-order chi connectivity index (χ1) is 9.40. The highest BCUT2D eigenvalue weighted by molar-refractivity contribution is 5.77. The quantitative estimate of drug-likeness (QED) is 0.910. The molecule has 1 N–H and O–H groups in total. The van der Waals surface area contributed by atoms with Crippen molar-refractivity contribution in [3.63, 3.8) is 0 Å². The lowest BCUT2D eigenvalue weighted by atomic mass is 9.96. The number of hydrogen-bond donors (Lipinski definition) is 1. The molecule has 19 heavy (non-hydrogen) atoms. The van der Waals surface area contributed by atoms with E-state index in [1.807, 2.05) is 12.3 Å². The second-order valence-electron chi connectivity index (χ2n) is 5.53. The van der Waals surface area contributed by atoms with E-state index < -0.39 is 0 Å². The van der Waals surface area contributed by atoms with E-state index in [2.05, 4.69) is 33.9 Å². The molecule has 0 spiro atoms. The molecule has 1 unspecified atom stereocenters. The van der Waals surface area contributed by atoms with Crippen molar-refractivity contribution in [1.82, 2.24) is 14.9 Å². The van der Waals surface area contributed by atoms with Crippen molar-refractivity contribution in [2.45, 2.75) is 45.1 Å². The Balaban J connectivity index is 2.00. The Morgan fingerprint density at radius 1 is 1.47 bits per heavy atom. The van der Waals surface area contributed by atoms with E-state index in [0.29, 0.717) is 5.92 Å². The number of fused-ring (bicyclic) bond motifs is 1. The fourth-order valence-corrected chi connectivity index (χ4v) is 3.10. The van der Waals surface area contributed by atoms with Crippen LogP contribution in [0.15, 0.2) is 24.4 Å². The van der Waals surface area contributed by atoms with E-state index in [1.54, 1.807) is 0 Å². The van der Waals surface area contributed by atoms with Crippen LogP contribution in [-0.2, 0) is 6.54 Å². The average molecular weight is 257 g/mol. The minimum absolute atomic E-state index is 0.653. The third-order valence-electron chi connectivity index (χ3n) is 4.14. The van der Waals surface area contributed by atoms with Gasteiger partial charge in [-0.05, 0) is 44.0 Å². The molecule has 102 valence electrons. The minimum Gasteiger partial charge on any atom is -0.329 e. The van der Waals surface area contributed by atoms with Crippen LogP contribution in [0.3, 0.4) is 0 Å². The summed E-state index contributed by atoms with van der Waals surface area (Å²) in [5.74, 6) is 0.653. The molecule has 0 amide bonds. The molecule has 2 aromatic rings. The molecular weight excluding hydrogens is 234 g/mol. The monoisotopic (exact) mass is 257 g/mol. The molecule has 0 radical (unpaired) electrons. The first-order valence-electron chi connectivity index (χ1n) is 7.55. The maximum atomic E-state index is 4.59. The van der Waals surface area contributed by atoms with Gasteiger partial charge in [-0.2, -0.15) is 0 Å². The summed E-state index contributed by atoms with van der Waals surface area (Å²) in [5.41, 5.74) is 2.64. The van der Waals surface area contributed by atoms with Crippen LogP contribution in [0.2, 0.25) is 0 Å². The first-order valence-corrected chi connectivity index (χ1v) is 7.55. The SMILES string of the molecule is CCCCn1c(C2CCCNC2)cc2cccnc21. The number of rotatable bonds is 4. The lowest BCUT2D eigenvalue weighted by Crippen LogP contribution is -2.29. The van der Waals surface area contributed by atoms with Gasteiger partial charge in [0, 0.05) is 36.3 Å². The number of piperidine rings is 1. The second-order valence-corrected chi connectivity index (χ2v) is 5.53. The van der Waals surface area contributed by atoms with E-state index in [-0.39, 0.29) is 0 Å². The summed E-state index contributed by atoms with van der Waals surface area (Å²) >= 11 is 0. The zero-order chi connectivity index (χ0) is 13.1. The molecule has 0 aliphatic carbocycles. The van der Waals surface area contributed by atoms with Crippen LogP contribution < -0.4 is 5.32 Å². The molecule has 1 aliphatic rings. The second kappa shape index (κ2) is 5.74. The largest absolute Gasteiger partial charge is 0.329 e. The topological polar surface area (TPSA) is 29.9 Å².